The molecule has 5 rings (SSSR count). The molecule has 2 aromatic carbocycles. The van der Waals surface area contributed by atoms with Gasteiger partial charge in [0.2, 0.25) is 0 Å². The average molecular weight is 635 g/mol. The van der Waals surface area contributed by atoms with E-state index in [1.54, 1.807) is 35.3 Å². The largest absolute Gasteiger partial charge is 0.471 e. The molecule has 2 heterocycles. The average Bonchev–Trinajstić information content (AvgIpc) is 3.58. The number of allylic oxidation sites excluding steroid dienone is 5. The number of nitriles is 1. The van der Waals surface area contributed by atoms with Gasteiger partial charge in [0.25, 0.3) is 5.91 Å². The fourth-order valence-corrected chi connectivity index (χ4v) is 6.64. The standard InChI is InChI=1S/C31H25F3N6O2S2/c1-3-36-22-13-12-20(15-35)14-23(22)38-30-40(17-19-9-5-4-6-10-19)28(41)26(44-30)25-18(2)8-7-11-21(25)27-37-16-24(43-27)39-29(42)31(32,33)34/h4-14,16,18,36H,3,17H2,1-2H3,(H,39,42). The van der Waals surface area contributed by atoms with E-state index in [1.807, 2.05) is 55.6 Å². The molecule has 13 heteroatoms. The first kappa shape index (κ1) is 30.8. The number of alkyl halides is 3. The third-order valence-corrected chi connectivity index (χ3v) is 8.68. The molecule has 2 amide bonds. The lowest BCUT2D eigenvalue weighted by Crippen LogP contribution is -2.29. The fraction of sp³-hybridized carbons (Fsp3) is 0.194. The van der Waals surface area contributed by atoms with Crippen LogP contribution in [0.5, 0.6) is 0 Å². The lowest BCUT2D eigenvalue weighted by Gasteiger charge is -2.20. The first-order valence-electron chi connectivity index (χ1n) is 13.5. The summed E-state index contributed by atoms with van der Waals surface area (Å²) in [7, 11) is 0. The number of anilines is 2. The highest BCUT2D eigenvalue weighted by Gasteiger charge is 2.40. The van der Waals surface area contributed by atoms with Gasteiger partial charge >= 0.3 is 12.1 Å². The Morgan fingerprint density at radius 2 is 1.98 bits per heavy atom. The van der Waals surface area contributed by atoms with Crippen molar-refractivity contribution < 1.29 is 22.8 Å². The Hall–Kier alpha value is -4.67. The van der Waals surface area contributed by atoms with E-state index < -0.39 is 12.1 Å². The van der Waals surface area contributed by atoms with Gasteiger partial charge in [0.1, 0.15) is 10.0 Å². The summed E-state index contributed by atoms with van der Waals surface area (Å²) in [6.45, 7) is 4.72. The number of aromatic nitrogens is 1. The Bertz CT molecular complexity index is 1770. The van der Waals surface area contributed by atoms with Gasteiger partial charge in [-0.2, -0.15) is 18.4 Å². The Morgan fingerprint density at radius 1 is 1.20 bits per heavy atom. The molecule has 0 saturated carbocycles. The highest BCUT2D eigenvalue weighted by molar-refractivity contribution is 8.18. The molecule has 1 aliphatic heterocycles. The van der Waals surface area contributed by atoms with Crippen LogP contribution in [0.2, 0.25) is 0 Å². The summed E-state index contributed by atoms with van der Waals surface area (Å²) in [6, 6.07) is 16.7. The van der Waals surface area contributed by atoms with Gasteiger partial charge in [-0.3, -0.25) is 14.5 Å². The number of aliphatic imine (C=N–C) groups is 1. The molecular weight excluding hydrogens is 610 g/mol. The fourth-order valence-electron chi connectivity index (χ4n) is 4.60. The molecular formula is C31H25F3N6O2S2. The van der Waals surface area contributed by atoms with Crippen LogP contribution in [0.4, 0.5) is 29.5 Å². The van der Waals surface area contributed by atoms with Crippen LogP contribution < -0.4 is 10.6 Å². The van der Waals surface area contributed by atoms with Crippen molar-refractivity contribution in [3.8, 4) is 6.07 Å². The molecule has 2 N–H and O–H groups in total. The first-order chi connectivity index (χ1) is 21.1. The summed E-state index contributed by atoms with van der Waals surface area (Å²) < 4.78 is 38.5. The maximum absolute atomic E-state index is 14.2. The maximum Gasteiger partial charge on any atom is 0.471 e. The molecule has 0 bridgehead atoms. The van der Waals surface area contributed by atoms with Crippen LogP contribution in [0.25, 0.3) is 5.57 Å². The Kier molecular flexibility index (Phi) is 9.03. The smallest absolute Gasteiger partial charge is 0.384 e. The van der Waals surface area contributed by atoms with Gasteiger partial charge in [-0.1, -0.05) is 66.8 Å². The third-order valence-electron chi connectivity index (χ3n) is 6.64. The van der Waals surface area contributed by atoms with Crippen LogP contribution in [0.3, 0.4) is 0 Å². The molecule has 1 atom stereocenters. The van der Waals surface area contributed by atoms with Crippen LogP contribution in [-0.2, 0) is 16.1 Å². The summed E-state index contributed by atoms with van der Waals surface area (Å²) in [5.41, 5.74) is 3.72. The second kappa shape index (κ2) is 12.9. The number of amidine groups is 1. The number of thiazole rings is 1. The van der Waals surface area contributed by atoms with E-state index in [-0.39, 0.29) is 23.4 Å². The Morgan fingerprint density at radius 3 is 2.68 bits per heavy atom. The number of hydrogen-bond donors (Lipinski definition) is 2. The zero-order valence-electron chi connectivity index (χ0n) is 23.5. The number of halogens is 3. The van der Waals surface area contributed by atoms with Crippen LogP contribution in [-0.4, -0.2) is 39.6 Å². The van der Waals surface area contributed by atoms with Gasteiger partial charge in [-0.05, 0) is 48.0 Å². The van der Waals surface area contributed by atoms with Gasteiger partial charge in [-0.15, -0.1) is 0 Å². The van der Waals surface area contributed by atoms with Gasteiger partial charge in [0, 0.05) is 18.0 Å². The van der Waals surface area contributed by atoms with Gasteiger partial charge < -0.3 is 10.6 Å². The van der Waals surface area contributed by atoms with Crippen molar-refractivity contribution >= 4 is 62.0 Å². The summed E-state index contributed by atoms with van der Waals surface area (Å²) in [5, 5.41) is 15.3. The van der Waals surface area contributed by atoms with Crippen molar-refractivity contribution in [1.82, 2.24) is 9.88 Å². The second-order valence-electron chi connectivity index (χ2n) is 9.73. The summed E-state index contributed by atoms with van der Waals surface area (Å²) in [4.78, 5) is 36.8. The van der Waals surface area contributed by atoms with Gasteiger partial charge in [0.15, 0.2) is 5.17 Å². The van der Waals surface area contributed by atoms with Gasteiger partial charge in [-0.25, -0.2) is 9.98 Å². The SMILES string of the molecule is CCNc1ccc(C#N)cc1N=C1SC(=C2C(c3ncc(NC(=O)C(F)(F)F)s3)=CC=CC2C)C(=O)N1Cc1ccccc1. The Balaban J connectivity index is 1.59. The summed E-state index contributed by atoms with van der Waals surface area (Å²) >= 11 is 2.07. The number of thioether (sulfide) groups is 1. The number of nitrogens with zero attached hydrogens (tertiary/aromatic N) is 4. The molecule has 3 aromatic rings. The van der Waals surface area contributed by atoms with E-state index >= 15 is 0 Å². The predicted molar refractivity (Wildman–Crippen MR) is 167 cm³/mol. The van der Waals surface area contributed by atoms with E-state index in [2.05, 4.69) is 16.4 Å². The number of amides is 2. The minimum atomic E-state index is -5.04. The van der Waals surface area contributed by atoms with E-state index in [9.17, 15) is 28.0 Å². The van der Waals surface area contributed by atoms with Crippen LogP contribution in [0.1, 0.15) is 30.0 Å². The monoisotopic (exact) mass is 634 g/mol. The quantitative estimate of drug-likeness (QED) is 0.265. The number of carbonyl (C=O) groups is 2. The van der Waals surface area contributed by atoms with Crippen molar-refractivity contribution in [2.24, 2.45) is 10.9 Å². The topological polar surface area (TPSA) is 110 Å². The number of rotatable bonds is 7. The molecule has 1 unspecified atom stereocenters. The highest BCUT2D eigenvalue weighted by atomic mass is 32.2. The third kappa shape index (κ3) is 6.61. The molecule has 0 radical (unpaired) electrons. The van der Waals surface area contributed by atoms with E-state index in [0.29, 0.717) is 49.7 Å². The molecule has 1 aromatic heterocycles. The Labute approximate surface area is 259 Å². The van der Waals surface area contributed by atoms with Crippen molar-refractivity contribution in [2.45, 2.75) is 26.6 Å². The molecule has 0 spiro atoms. The zero-order chi connectivity index (χ0) is 31.4. The van der Waals surface area contributed by atoms with Crippen molar-refractivity contribution in [3.63, 3.8) is 0 Å². The molecule has 1 fully saturated rings. The predicted octanol–water partition coefficient (Wildman–Crippen LogP) is 7.25. The van der Waals surface area contributed by atoms with Gasteiger partial charge in [0.05, 0.1) is 40.7 Å². The van der Waals surface area contributed by atoms with Crippen molar-refractivity contribution in [1.29, 1.82) is 5.26 Å². The molecule has 1 aliphatic carbocycles. The van der Waals surface area contributed by atoms with Crippen molar-refractivity contribution in [2.75, 3.05) is 17.2 Å². The number of benzene rings is 2. The molecule has 1 saturated heterocycles. The molecule has 224 valence electrons. The van der Waals surface area contributed by atoms with Crippen LogP contribution >= 0.6 is 23.1 Å². The lowest BCUT2D eigenvalue weighted by atomic mass is 9.89. The maximum atomic E-state index is 14.2. The van der Waals surface area contributed by atoms with Crippen molar-refractivity contribution in [3.05, 3.63) is 99.6 Å². The van der Waals surface area contributed by atoms with E-state index in [1.165, 1.54) is 18.0 Å². The van der Waals surface area contributed by atoms with E-state index in [4.69, 9.17) is 4.99 Å². The second-order valence-corrected chi connectivity index (χ2v) is 11.7. The lowest BCUT2D eigenvalue weighted by molar-refractivity contribution is -0.167. The number of hydrogen-bond acceptors (Lipinski definition) is 8. The normalized spacial score (nSPS) is 19.2. The highest BCUT2D eigenvalue weighted by Crippen LogP contribution is 2.45. The van der Waals surface area contributed by atoms with E-state index in [0.717, 1.165) is 16.9 Å². The first-order valence-corrected chi connectivity index (χ1v) is 15.1. The number of nitrogens with one attached hydrogen (secondary N) is 2. The minimum absolute atomic E-state index is 0.0681. The van der Waals surface area contributed by atoms with Crippen LogP contribution in [0.15, 0.2) is 88.4 Å². The molecule has 8 nitrogen and oxygen atoms in total. The summed E-state index contributed by atoms with van der Waals surface area (Å²) in [6.07, 6.45) is 1.59. The molecule has 44 heavy (non-hydrogen) atoms. The molecule has 2 aliphatic rings. The zero-order valence-corrected chi connectivity index (χ0v) is 25.1. The number of carbonyl (C=O) groups excluding carboxylic acids is 2. The summed E-state index contributed by atoms with van der Waals surface area (Å²) in [5.74, 6) is -2.62. The minimum Gasteiger partial charge on any atom is -0.384 e. The van der Waals surface area contributed by atoms with Crippen LogP contribution in [0, 0.1) is 17.2 Å².